The third-order valence-corrected chi connectivity index (χ3v) is 3.92. The molecular weight excluding hydrogens is 360 g/mol. The Morgan fingerprint density at radius 3 is 2.36 bits per heavy atom. The highest BCUT2D eigenvalue weighted by Crippen LogP contribution is 2.22. The summed E-state index contributed by atoms with van der Waals surface area (Å²) in [6.45, 7) is 4.33. The van der Waals surface area contributed by atoms with E-state index in [1.807, 2.05) is 0 Å². The molecule has 2 rings (SSSR count). The molecule has 0 aliphatic carbocycles. The standard InChI is InChI=1S/C21H22N2O5/c1-4-28-21(27)18-10-5-6-11-19(18)23(15(3)25)13-20(26)22-17-9-7-8-16(12-17)14(2)24/h5-12H,4,13H2,1-3H3,(H,22,26). The summed E-state index contributed by atoms with van der Waals surface area (Å²) in [6.07, 6.45) is 0. The van der Waals surface area contributed by atoms with Crippen LogP contribution in [0.15, 0.2) is 48.5 Å². The van der Waals surface area contributed by atoms with E-state index in [1.54, 1.807) is 49.4 Å². The van der Waals surface area contributed by atoms with Crippen molar-refractivity contribution in [2.24, 2.45) is 0 Å². The maximum Gasteiger partial charge on any atom is 0.340 e. The largest absolute Gasteiger partial charge is 0.462 e. The first kappa shape index (κ1) is 20.8. The Balaban J connectivity index is 2.23. The van der Waals surface area contributed by atoms with Crippen molar-refractivity contribution < 1.29 is 23.9 Å². The summed E-state index contributed by atoms with van der Waals surface area (Å²) in [5.74, 6) is -1.55. The van der Waals surface area contributed by atoms with Crippen molar-refractivity contribution >= 4 is 34.9 Å². The molecule has 0 unspecified atom stereocenters. The molecule has 2 amide bonds. The lowest BCUT2D eigenvalue weighted by Gasteiger charge is -2.23. The fourth-order valence-corrected chi connectivity index (χ4v) is 2.62. The van der Waals surface area contributed by atoms with Crippen molar-refractivity contribution in [3.63, 3.8) is 0 Å². The summed E-state index contributed by atoms with van der Waals surface area (Å²) >= 11 is 0. The molecule has 0 fully saturated rings. The normalized spacial score (nSPS) is 10.1. The number of rotatable bonds is 7. The van der Waals surface area contributed by atoms with Crippen molar-refractivity contribution in [1.29, 1.82) is 0 Å². The average Bonchev–Trinajstić information content (AvgIpc) is 2.66. The SMILES string of the molecule is CCOC(=O)c1ccccc1N(CC(=O)Nc1cccc(C(C)=O)c1)C(C)=O. The van der Waals surface area contributed by atoms with Gasteiger partial charge in [-0.3, -0.25) is 14.4 Å². The van der Waals surface area contributed by atoms with Crippen LogP contribution in [0.2, 0.25) is 0 Å². The van der Waals surface area contributed by atoms with E-state index in [9.17, 15) is 19.2 Å². The highest BCUT2D eigenvalue weighted by molar-refractivity contribution is 6.06. The molecular formula is C21H22N2O5. The van der Waals surface area contributed by atoms with E-state index in [-0.39, 0.29) is 24.5 Å². The summed E-state index contributed by atoms with van der Waals surface area (Å²) in [7, 11) is 0. The van der Waals surface area contributed by atoms with E-state index < -0.39 is 17.8 Å². The minimum absolute atomic E-state index is 0.121. The number of ketones is 1. The predicted molar refractivity (Wildman–Crippen MR) is 106 cm³/mol. The Morgan fingerprint density at radius 1 is 1.00 bits per heavy atom. The number of nitrogens with one attached hydrogen (secondary N) is 1. The molecule has 0 aliphatic heterocycles. The predicted octanol–water partition coefficient (Wildman–Crippen LogP) is 3.06. The molecule has 0 bridgehead atoms. The second kappa shape index (κ2) is 9.45. The number of carbonyl (C=O) groups excluding carboxylic acids is 4. The molecule has 0 saturated carbocycles. The highest BCUT2D eigenvalue weighted by atomic mass is 16.5. The number of hydrogen-bond donors (Lipinski definition) is 1. The van der Waals surface area contributed by atoms with Gasteiger partial charge in [0, 0.05) is 18.2 Å². The topological polar surface area (TPSA) is 92.8 Å². The maximum atomic E-state index is 12.5. The van der Waals surface area contributed by atoms with E-state index in [4.69, 9.17) is 4.74 Å². The maximum absolute atomic E-state index is 12.5. The first-order valence-corrected chi connectivity index (χ1v) is 8.78. The molecule has 2 aromatic carbocycles. The van der Waals surface area contributed by atoms with Gasteiger partial charge in [0.2, 0.25) is 11.8 Å². The molecule has 0 spiro atoms. The Morgan fingerprint density at radius 2 is 1.71 bits per heavy atom. The van der Waals surface area contributed by atoms with Gasteiger partial charge >= 0.3 is 5.97 Å². The fourth-order valence-electron chi connectivity index (χ4n) is 2.62. The van der Waals surface area contributed by atoms with Gasteiger partial charge < -0.3 is 15.0 Å². The molecule has 28 heavy (non-hydrogen) atoms. The van der Waals surface area contributed by atoms with Crippen LogP contribution in [-0.2, 0) is 14.3 Å². The summed E-state index contributed by atoms with van der Waals surface area (Å²) in [6, 6.07) is 13.0. The average molecular weight is 382 g/mol. The number of amides is 2. The van der Waals surface area contributed by atoms with Crippen LogP contribution in [0.5, 0.6) is 0 Å². The van der Waals surface area contributed by atoms with Gasteiger partial charge in [-0.05, 0) is 38.1 Å². The van der Waals surface area contributed by atoms with Crippen LogP contribution in [0, 0.1) is 0 Å². The number of esters is 1. The van der Waals surface area contributed by atoms with E-state index in [2.05, 4.69) is 5.32 Å². The van der Waals surface area contributed by atoms with Gasteiger partial charge in [0.15, 0.2) is 5.78 Å². The number of Topliss-reactive ketones (excluding diaryl/α,β-unsaturated/α-hetero) is 1. The Kier molecular flexibility index (Phi) is 7.03. The number of nitrogens with zero attached hydrogens (tertiary/aromatic N) is 1. The van der Waals surface area contributed by atoms with E-state index in [0.717, 1.165) is 0 Å². The third kappa shape index (κ3) is 5.26. The van der Waals surface area contributed by atoms with Gasteiger partial charge in [-0.2, -0.15) is 0 Å². The first-order chi connectivity index (χ1) is 13.3. The van der Waals surface area contributed by atoms with Crippen LogP contribution in [0.25, 0.3) is 0 Å². The second-order valence-electron chi connectivity index (χ2n) is 6.03. The van der Waals surface area contributed by atoms with Crippen LogP contribution in [0.1, 0.15) is 41.5 Å². The summed E-state index contributed by atoms with van der Waals surface area (Å²) in [4.78, 5) is 49.5. The number of hydrogen-bond acceptors (Lipinski definition) is 5. The molecule has 7 heteroatoms. The molecule has 1 N–H and O–H groups in total. The van der Waals surface area contributed by atoms with Crippen LogP contribution in [-0.4, -0.2) is 36.7 Å². The number of para-hydroxylation sites is 1. The molecule has 7 nitrogen and oxygen atoms in total. The highest BCUT2D eigenvalue weighted by Gasteiger charge is 2.22. The molecule has 0 saturated heterocycles. The number of carbonyl (C=O) groups is 4. The van der Waals surface area contributed by atoms with E-state index in [1.165, 1.54) is 24.8 Å². The van der Waals surface area contributed by atoms with Crippen molar-refractivity contribution in [1.82, 2.24) is 0 Å². The van der Waals surface area contributed by atoms with Crippen LogP contribution >= 0.6 is 0 Å². The third-order valence-electron chi connectivity index (χ3n) is 3.92. The molecule has 0 heterocycles. The molecule has 0 aliphatic rings. The Bertz CT molecular complexity index is 907. The molecule has 0 aromatic heterocycles. The molecule has 0 radical (unpaired) electrons. The lowest BCUT2D eigenvalue weighted by atomic mass is 10.1. The molecule has 146 valence electrons. The zero-order valence-electron chi connectivity index (χ0n) is 16.0. The monoisotopic (exact) mass is 382 g/mol. The fraction of sp³-hybridized carbons (Fsp3) is 0.238. The smallest absolute Gasteiger partial charge is 0.340 e. The van der Waals surface area contributed by atoms with Crippen molar-refractivity contribution in [3.8, 4) is 0 Å². The van der Waals surface area contributed by atoms with E-state index >= 15 is 0 Å². The minimum atomic E-state index is -0.570. The Hall–Kier alpha value is -3.48. The zero-order valence-corrected chi connectivity index (χ0v) is 16.0. The zero-order chi connectivity index (χ0) is 20.7. The van der Waals surface area contributed by atoms with Gasteiger partial charge in [0.25, 0.3) is 0 Å². The van der Waals surface area contributed by atoms with Crippen LogP contribution in [0.3, 0.4) is 0 Å². The summed E-state index contributed by atoms with van der Waals surface area (Å²) in [5.41, 5.74) is 1.40. The van der Waals surface area contributed by atoms with Gasteiger partial charge in [-0.15, -0.1) is 0 Å². The second-order valence-corrected chi connectivity index (χ2v) is 6.03. The molecule has 2 aromatic rings. The number of benzene rings is 2. The van der Waals surface area contributed by atoms with Gasteiger partial charge in [0.05, 0.1) is 17.9 Å². The van der Waals surface area contributed by atoms with Crippen molar-refractivity contribution in [2.45, 2.75) is 20.8 Å². The Labute approximate surface area is 163 Å². The quantitative estimate of drug-likeness (QED) is 0.587. The lowest BCUT2D eigenvalue weighted by Crippen LogP contribution is -2.37. The lowest BCUT2D eigenvalue weighted by molar-refractivity contribution is -0.120. The summed E-state index contributed by atoms with van der Waals surface area (Å²) in [5, 5.41) is 2.66. The number of anilines is 2. The minimum Gasteiger partial charge on any atom is -0.462 e. The van der Waals surface area contributed by atoms with Gasteiger partial charge in [0.1, 0.15) is 6.54 Å². The van der Waals surface area contributed by atoms with Crippen molar-refractivity contribution in [3.05, 3.63) is 59.7 Å². The van der Waals surface area contributed by atoms with Gasteiger partial charge in [-0.25, -0.2) is 4.79 Å². The summed E-state index contributed by atoms with van der Waals surface area (Å²) < 4.78 is 5.03. The first-order valence-electron chi connectivity index (χ1n) is 8.78. The van der Waals surface area contributed by atoms with Crippen LogP contribution in [0.4, 0.5) is 11.4 Å². The van der Waals surface area contributed by atoms with E-state index in [0.29, 0.717) is 16.9 Å². The number of ether oxygens (including phenoxy) is 1. The van der Waals surface area contributed by atoms with Gasteiger partial charge in [-0.1, -0.05) is 24.3 Å². The molecule has 0 atom stereocenters. The van der Waals surface area contributed by atoms with Crippen molar-refractivity contribution in [2.75, 3.05) is 23.4 Å². The van der Waals surface area contributed by atoms with Crippen LogP contribution < -0.4 is 10.2 Å².